The van der Waals surface area contributed by atoms with E-state index in [9.17, 15) is 18.0 Å². The molecule has 1 saturated heterocycles. The maximum atomic E-state index is 12.1. The predicted octanol–water partition coefficient (Wildman–Crippen LogP) is 0.933. The van der Waals surface area contributed by atoms with Crippen LogP contribution in [0.1, 0.15) is 13.3 Å². The maximum Gasteiger partial charge on any atom is 0.401 e. The van der Waals surface area contributed by atoms with Crippen molar-refractivity contribution in [3.8, 4) is 0 Å². The minimum Gasteiger partial charge on any atom is -0.480 e. The van der Waals surface area contributed by atoms with E-state index in [-0.39, 0.29) is 5.92 Å². The largest absolute Gasteiger partial charge is 0.480 e. The lowest BCUT2D eigenvalue weighted by molar-refractivity contribution is -0.143. The average molecular weight is 254 g/mol. The predicted molar refractivity (Wildman–Crippen MR) is 55.7 cm³/mol. The summed E-state index contributed by atoms with van der Waals surface area (Å²) in [5.41, 5.74) is 0. The van der Waals surface area contributed by atoms with Crippen LogP contribution in [0.4, 0.5) is 13.2 Å². The zero-order chi connectivity index (χ0) is 13.1. The molecular weight excluding hydrogens is 237 g/mol. The molecule has 0 bridgehead atoms. The highest BCUT2D eigenvalue weighted by molar-refractivity contribution is 5.72. The van der Waals surface area contributed by atoms with Gasteiger partial charge in [-0.2, -0.15) is 13.2 Å². The van der Waals surface area contributed by atoms with Gasteiger partial charge in [0.05, 0.1) is 6.54 Å². The van der Waals surface area contributed by atoms with Gasteiger partial charge in [-0.1, -0.05) is 0 Å². The molecule has 4 nitrogen and oxygen atoms in total. The standard InChI is InChI=1S/C10H17F3N2O2/c1-7(9(16)17)14-4-8-2-3-15(5-8)6-10(11,12)13/h7-8,14H,2-6H2,1H3,(H,16,17). The van der Waals surface area contributed by atoms with Crippen molar-refractivity contribution in [3.63, 3.8) is 0 Å². The minimum absolute atomic E-state index is 0.0964. The van der Waals surface area contributed by atoms with Gasteiger partial charge < -0.3 is 10.4 Å². The fourth-order valence-electron chi connectivity index (χ4n) is 1.91. The Balaban J connectivity index is 2.24. The second-order valence-corrected chi connectivity index (χ2v) is 4.47. The number of rotatable bonds is 5. The lowest BCUT2D eigenvalue weighted by Gasteiger charge is -2.18. The zero-order valence-electron chi connectivity index (χ0n) is 9.63. The molecule has 1 rings (SSSR count). The molecule has 7 heteroatoms. The van der Waals surface area contributed by atoms with Gasteiger partial charge in [-0.05, 0) is 25.8 Å². The third-order valence-corrected chi connectivity index (χ3v) is 2.86. The molecule has 0 aromatic rings. The molecule has 0 aromatic carbocycles. The zero-order valence-corrected chi connectivity index (χ0v) is 9.63. The number of carboxylic acid groups (broad SMARTS) is 1. The molecule has 2 N–H and O–H groups in total. The van der Waals surface area contributed by atoms with E-state index < -0.39 is 24.7 Å². The summed E-state index contributed by atoms with van der Waals surface area (Å²) in [6.07, 6.45) is -3.48. The number of alkyl halides is 3. The Morgan fingerprint density at radius 1 is 1.59 bits per heavy atom. The van der Waals surface area contributed by atoms with Gasteiger partial charge in [-0.15, -0.1) is 0 Å². The number of nitrogens with one attached hydrogen (secondary N) is 1. The Kier molecular flexibility index (Phi) is 4.76. The van der Waals surface area contributed by atoms with Gasteiger partial charge >= 0.3 is 12.1 Å². The van der Waals surface area contributed by atoms with Crippen molar-refractivity contribution in [1.82, 2.24) is 10.2 Å². The normalized spacial score (nSPS) is 23.9. The first-order valence-electron chi connectivity index (χ1n) is 5.53. The maximum absolute atomic E-state index is 12.1. The van der Waals surface area contributed by atoms with E-state index in [1.165, 1.54) is 11.8 Å². The summed E-state index contributed by atoms with van der Waals surface area (Å²) in [6.45, 7) is 1.89. The smallest absolute Gasteiger partial charge is 0.401 e. The molecule has 1 aliphatic rings. The van der Waals surface area contributed by atoms with Crippen LogP contribution in [0.2, 0.25) is 0 Å². The second-order valence-electron chi connectivity index (χ2n) is 4.47. The highest BCUT2D eigenvalue weighted by Crippen LogP contribution is 2.22. The Bertz CT molecular complexity index is 271. The summed E-state index contributed by atoms with van der Waals surface area (Å²) >= 11 is 0. The molecule has 0 amide bonds. The van der Waals surface area contributed by atoms with Crippen LogP contribution in [0.25, 0.3) is 0 Å². The van der Waals surface area contributed by atoms with Gasteiger partial charge in [0.25, 0.3) is 0 Å². The molecule has 0 radical (unpaired) electrons. The van der Waals surface area contributed by atoms with Gasteiger partial charge in [0.2, 0.25) is 0 Å². The fourth-order valence-corrected chi connectivity index (χ4v) is 1.91. The van der Waals surface area contributed by atoms with Crippen LogP contribution < -0.4 is 5.32 Å². The first-order valence-corrected chi connectivity index (χ1v) is 5.53. The quantitative estimate of drug-likeness (QED) is 0.766. The Morgan fingerprint density at radius 3 is 2.76 bits per heavy atom. The van der Waals surface area contributed by atoms with Crippen molar-refractivity contribution in [2.45, 2.75) is 25.6 Å². The van der Waals surface area contributed by atoms with Crippen molar-refractivity contribution in [2.75, 3.05) is 26.2 Å². The summed E-state index contributed by atoms with van der Waals surface area (Å²) in [5, 5.41) is 11.4. The number of aliphatic carboxylic acids is 1. The van der Waals surface area contributed by atoms with E-state index in [0.29, 0.717) is 26.1 Å². The number of nitrogens with zero attached hydrogens (tertiary/aromatic N) is 1. The second kappa shape index (κ2) is 5.68. The molecule has 17 heavy (non-hydrogen) atoms. The Hall–Kier alpha value is -0.820. The average Bonchev–Trinajstić information content (AvgIpc) is 2.59. The van der Waals surface area contributed by atoms with Crippen LogP contribution in [0.3, 0.4) is 0 Å². The lowest BCUT2D eigenvalue weighted by atomic mass is 10.1. The molecule has 1 heterocycles. The fraction of sp³-hybridized carbons (Fsp3) is 0.900. The third-order valence-electron chi connectivity index (χ3n) is 2.86. The topological polar surface area (TPSA) is 52.6 Å². The number of likely N-dealkylation sites (tertiary alicyclic amines) is 1. The molecule has 0 saturated carbocycles. The molecule has 100 valence electrons. The first-order chi connectivity index (χ1) is 7.78. The van der Waals surface area contributed by atoms with Crippen molar-refractivity contribution in [1.29, 1.82) is 0 Å². The van der Waals surface area contributed by atoms with Gasteiger partial charge in [-0.3, -0.25) is 9.69 Å². The van der Waals surface area contributed by atoms with Gasteiger partial charge in [0.15, 0.2) is 0 Å². The van der Waals surface area contributed by atoms with E-state index >= 15 is 0 Å². The SMILES string of the molecule is CC(NCC1CCN(CC(F)(F)F)C1)C(=O)O. The van der Waals surface area contributed by atoms with Crippen molar-refractivity contribution >= 4 is 5.97 Å². The molecule has 2 unspecified atom stereocenters. The molecule has 1 aliphatic heterocycles. The Morgan fingerprint density at radius 2 is 2.24 bits per heavy atom. The summed E-state index contributed by atoms with van der Waals surface area (Å²) < 4.78 is 36.4. The lowest BCUT2D eigenvalue weighted by Crippen LogP contribution is -2.38. The number of carboxylic acids is 1. The molecule has 2 atom stereocenters. The molecular formula is C10H17F3N2O2. The molecule has 0 aliphatic carbocycles. The van der Waals surface area contributed by atoms with Crippen LogP contribution >= 0.6 is 0 Å². The van der Waals surface area contributed by atoms with Gasteiger partial charge in [0, 0.05) is 13.1 Å². The monoisotopic (exact) mass is 254 g/mol. The highest BCUT2D eigenvalue weighted by atomic mass is 19.4. The number of halogens is 3. The highest BCUT2D eigenvalue weighted by Gasteiger charge is 2.34. The minimum atomic E-state index is -4.16. The van der Waals surface area contributed by atoms with Gasteiger partial charge in [-0.25, -0.2) is 0 Å². The van der Waals surface area contributed by atoms with Crippen molar-refractivity contribution in [3.05, 3.63) is 0 Å². The van der Waals surface area contributed by atoms with Crippen molar-refractivity contribution < 1.29 is 23.1 Å². The summed E-state index contributed by atoms with van der Waals surface area (Å²) in [5.74, 6) is -0.853. The molecule has 0 spiro atoms. The summed E-state index contributed by atoms with van der Waals surface area (Å²) in [7, 11) is 0. The third kappa shape index (κ3) is 5.36. The van der Waals surface area contributed by atoms with E-state index in [1.54, 1.807) is 0 Å². The van der Waals surface area contributed by atoms with Crippen LogP contribution in [-0.4, -0.2) is 54.4 Å². The first kappa shape index (κ1) is 14.2. The van der Waals surface area contributed by atoms with Crippen LogP contribution in [0, 0.1) is 5.92 Å². The van der Waals surface area contributed by atoms with Gasteiger partial charge in [0.1, 0.15) is 6.04 Å². The van der Waals surface area contributed by atoms with E-state index in [1.807, 2.05) is 0 Å². The molecule has 0 aromatic heterocycles. The van der Waals surface area contributed by atoms with Crippen LogP contribution in [-0.2, 0) is 4.79 Å². The number of hydrogen-bond donors (Lipinski definition) is 2. The molecule has 1 fully saturated rings. The summed E-state index contributed by atoms with van der Waals surface area (Å²) in [6, 6.07) is -0.660. The Labute approximate surface area is 97.8 Å². The van der Waals surface area contributed by atoms with Crippen LogP contribution in [0.15, 0.2) is 0 Å². The van der Waals surface area contributed by atoms with E-state index in [0.717, 1.165) is 0 Å². The number of carbonyl (C=O) groups is 1. The van der Waals surface area contributed by atoms with Crippen LogP contribution in [0.5, 0.6) is 0 Å². The summed E-state index contributed by atoms with van der Waals surface area (Å²) in [4.78, 5) is 11.9. The van der Waals surface area contributed by atoms with Crippen molar-refractivity contribution in [2.24, 2.45) is 5.92 Å². The van der Waals surface area contributed by atoms with E-state index in [4.69, 9.17) is 5.11 Å². The van der Waals surface area contributed by atoms with E-state index in [2.05, 4.69) is 5.32 Å². The number of hydrogen-bond acceptors (Lipinski definition) is 3.